The van der Waals surface area contributed by atoms with E-state index in [1.807, 2.05) is 0 Å². The van der Waals surface area contributed by atoms with Crippen LogP contribution >= 0.6 is 0 Å². The van der Waals surface area contributed by atoms with Crippen LogP contribution in [0.1, 0.15) is 59.3 Å². The molecule has 17 heavy (non-hydrogen) atoms. The van der Waals surface area contributed by atoms with Gasteiger partial charge in [0.25, 0.3) is 0 Å². The van der Waals surface area contributed by atoms with Crippen LogP contribution in [0.25, 0.3) is 0 Å². The second kappa shape index (κ2) is 9.03. The van der Waals surface area contributed by atoms with E-state index in [-0.39, 0.29) is 0 Å². The van der Waals surface area contributed by atoms with Crippen molar-refractivity contribution in [3.63, 3.8) is 0 Å². The average Bonchev–Trinajstić information content (AvgIpc) is 2.18. The number of carboxylic acid groups (broad SMARTS) is 1. The number of hydrogen-bond donors (Lipinski definition) is 1. The summed E-state index contributed by atoms with van der Waals surface area (Å²) in [5.74, 6) is -0.865. The zero-order chi connectivity index (χ0) is 13.1. The second-order valence-corrected chi connectivity index (χ2v) is 5.60. The molecule has 0 heterocycles. The standard InChI is InChI=1S/C15H26O2/c1-15(2,3)13-11-9-7-5-4-6-8-10-12-14(16)17/h4-5,10,12H,6-9,11,13H2,1-3H3,(H,16,17). The van der Waals surface area contributed by atoms with Crippen LogP contribution in [0.5, 0.6) is 0 Å². The first-order chi connectivity index (χ1) is 7.92. The molecule has 2 nitrogen and oxygen atoms in total. The lowest BCUT2D eigenvalue weighted by Gasteiger charge is -2.17. The Morgan fingerprint density at radius 3 is 2.18 bits per heavy atom. The minimum atomic E-state index is -0.865. The fourth-order valence-electron chi connectivity index (χ4n) is 1.53. The van der Waals surface area contributed by atoms with Gasteiger partial charge in [-0.1, -0.05) is 45.4 Å². The van der Waals surface area contributed by atoms with Gasteiger partial charge >= 0.3 is 5.97 Å². The molecular formula is C15H26O2. The van der Waals surface area contributed by atoms with Crippen molar-refractivity contribution in [2.75, 3.05) is 0 Å². The van der Waals surface area contributed by atoms with Gasteiger partial charge in [-0.15, -0.1) is 0 Å². The highest BCUT2D eigenvalue weighted by atomic mass is 16.4. The first kappa shape index (κ1) is 16.0. The highest BCUT2D eigenvalue weighted by molar-refractivity contribution is 5.79. The first-order valence-electron chi connectivity index (χ1n) is 6.46. The highest BCUT2D eigenvalue weighted by Crippen LogP contribution is 2.21. The molecule has 1 N–H and O–H groups in total. The Kier molecular flexibility index (Phi) is 8.47. The molecule has 0 aliphatic carbocycles. The van der Waals surface area contributed by atoms with Gasteiger partial charge in [0.15, 0.2) is 0 Å². The lowest BCUT2D eigenvalue weighted by Crippen LogP contribution is -2.03. The van der Waals surface area contributed by atoms with Gasteiger partial charge < -0.3 is 5.11 Å². The lowest BCUT2D eigenvalue weighted by molar-refractivity contribution is -0.131. The Hall–Kier alpha value is -1.05. The Morgan fingerprint density at radius 2 is 1.59 bits per heavy atom. The molecule has 0 rings (SSSR count). The Balaban J connectivity index is 3.35. The van der Waals surface area contributed by atoms with E-state index >= 15 is 0 Å². The monoisotopic (exact) mass is 238 g/mol. The Morgan fingerprint density at radius 1 is 1.00 bits per heavy atom. The zero-order valence-electron chi connectivity index (χ0n) is 11.4. The van der Waals surface area contributed by atoms with Crippen molar-refractivity contribution in [3.8, 4) is 0 Å². The maximum Gasteiger partial charge on any atom is 0.327 e. The van der Waals surface area contributed by atoms with Crippen LogP contribution in [0.2, 0.25) is 0 Å². The second-order valence-electron chi connectivity index (χ2n) is 5.60. The number of carboxylic acids is 1. The van der Waals surface area contributed by atoms with Gasteiger partial charge in [-0.3, -0.25) is 0 Å². The summed E-state index contributed by atoms with van der Waals surface area (Å²) in [4.78, 5) is 10.2. The van der Waals surface area contributed by atoms with E-state index in [1.165, 1.54) is 25.3 Å². The molecule has 0 amide bonds. The molecule has 0 bridgehead atoms. The number of hydrogen-bond acceptors (Lipinski definition) is 1. The predicted molar refractivity (Wildman–Crippen MR) is 73.1 cm³/mol. The van der Waals surface area contributed by atoms with E-state index in [1.54, 1.807) is 6.08 Å². The normalized spacial score (nSPS) is 12.6. The topological polar surface area (TPSA) is 37.3 Å². The molecule has 98 valence electrons. The Bertz CT molecular complexity index is 257. The molecule has 0 aromatic carbocycles. The molecule has 2 heteroatoms. The van der Waals surface area contributed by atoms with Gasteiger partial charge in [-0.05, 0) is 37.5 Å². The van der Waals surface area contributed by atoms with Gasteiger partial charge in [0.2, 0.25) is 0 Å². The van der Waals surface area contributed by atoms with E-state index < -0.39 is 5.97 Å². The number of aliphatic carboxylic acids is 1. The summed E-state index contributed by atoms with van der Waals surface area (Å²) < 4.78 is 0. The molecule has 0 aliphatic heterocycles. The van der Waals surface area contributed by atoms with Gasteiger partial charge in [-0.2, -0.15) is 0 Å². The van der Waals surface area contributed by atoms with Gasteiger partial charge in [0.1, 0.15) is 0 Å². The number of rotatable bonds is 8. The summed E-state index contributed by atoms with van der Waals surface area (Å²) in [5.41, 5.74) is 0.450. The van der Waals surface area contributed by atoms with Gasteiger partial charge in [0, 0.05) is 6.08 Å². The van der Waals surface area contributed by atoms with Crippen molar-refractivity contribution in [1.82, 2.24) is 0 Å². The molecular weight excluding hydrogens is 212 g/mol. The van der Waals surface area contributed by atoms with E-state index in [2.05, 4.69) is 32.9 Å². The number of allylic oxidation sites excluding steroid dienone is 3. The van der Waals surface area contributed by atoms with Gasteiger partial charge in [-0.25, -0.2) is 4.79 Å². The minimum Gasteiger partial charge on any atom is -0.478 e. The molecule has 0 aromatic heterocycles. The summed E-state index contributed by atoms with van der Waals surface area (Å²) >= 11 is 0. The predicted octanol–water partition coefficient (Wildman–Crippen LogP) is 4.57. The van der Waals surface area contributed by atoms with E-state index in [0.717, 1.165) is 19.3 Å². The number of unbranched alkanes of at least 4 members (excludes halogenated alkanes) is 3. The average molecular weight is 238 g/mol. The smallest absolute Gasteiger partial charge is 0.327 e. The molecule has 0 saturated carbocycles. The molecule has 0 aromatic rings. The number of carbonyl (C=O) groups is 1. The van der Waals surface area contributed by atoms with Crippen molar-refractivity contribution in [1.29, 1.82) is 0 Å². The lowest BCUT2D eigenvalue weighted by atomic mass is 9.89. The highest BCUT2D eigenvalue weighted by Gasteiger charge is 2.08. The zero-order valence-corrected chi connectivity index (χ0v) is 11.4. The molecule has 0 spiro atoms. The minimum absolute atomic E-state index is 0.450. The summed E-state index contributed by atoms with van der Waals surface area (Å²) in [7, 11) is 0. The molecule has 0 aliphatic rings. The van der Waals surface area contributed by atoms with E-state index in [4.69, 9.17) is 5.11 Å². The largest absolute Gasteiger partial charge is 0.478 e. The quantitative estimate of drug-likeness (QED) is 0.382. The van der Waals surface area contributed by atoms with Crippen LogP contribution in [0, 0.1) is 5.41 Å². The summed E-state index contributed by atoms with van der Waals surface area (Å²) in [6.45, 7) is 6.83. The molecule has 0 unspecified atom stereocenters. The summed E-state index contributed by atoms with van der Waals surface area (Å²) in [6.07, 6.45) is 13.9. The molecule has 0 atom stereocenters. The third-order valence-corrected chi connectivity index (χ3v) is 2.47. The van der Waals surface area contributed by atoms with Crippen molar-refractivity contribution in [2.45, 2.75) is 59.3 Å². The maximum absolute atomic E-state index is 10.2. The van der Waals surface area contributed by atoms with Crippen molar-refractivity contribution in [3.05, 3.63) is 24.3 Å². The maximum atomic E-state index is 10.2. The fourth-order valence-corrected chi connectivity index (χ4v) is 1.53. The van der Waals surface area contributed by atoms with Crippen molar-refractivity contribution in [2.24, 2.45) is 5.41 Å². The van der Waals surface area contributed by atoms with Crippen LogP contribution in [-0.4, -0.2) is 11.1 Å². The first-order valence-corrected chi connectivity index (χ1v) is 6.46. The molecule has 0 saturated heterocycles. The summed E-state index contributed by atoms with van der Waals surface area (Å²) in [5, 5.41) is 8.37. The molecule has 0 radical (unpaired) electrons. The van der Waals surface area contributed by atoms with Crippen molar-refractivity contribution >= 4 is 5.97 Å². The van der Waals surface area contributed by atoms with Crippen LogP contribution in [0.4, 0.5) is 0 Å². The Labute approximate surface area is 105 Å². The van der Waals surface area contributed by atoms with E-state index in [0.29, 0.717) is 5.41 Å². The third kappa shape index (κ3) is 14.9. The summed E-state index contributed by atoms with van der Waals surface area (Å²) in [6, 6.07) is 0. The SMILES string of the molecule is CC(C)(C)CCCCC=CCCC=CC(=O)O. The molecule has 0 fully saturated rings. The van der Waals surface area contributed by atoms with E-state index in [9.17, 15) is 4.79 Å². The van der Waals surface area contributed by atoms with Gasteiger partial charge in [0.05, 0.1) is 0 Å². The fraction of sp³-hybridized carbons (Fsp3) is 0.667. The van der Waals surface area contributed by atoms with Crippen LogP contribution < -0.4 is 0 Å². The third-order valence-electron chi connectivity index (χ3n) is 2.47. The van der Waals surface area contributed by atoms with Crippen LogP contribution in [-0.2, 0) is 4.79 Å². The van der Waals surface area contributed by atoms with Crippen LogP contribution in [0.15, 0.2) is 24.3 Å². The van der Waals surface area contributed by atoms with Crippen LogP contribution in [0.3, 0.4) is 0 Å². The van der Waals surface area contributed by atoms with Crippen molar-refractivity contribution < 1.29 is 9.90 Å².